The molecule has 8 aromatic carbocycles. The van der Waals surface area contributed by atoms with E-state index in [4.69, 9.17) is 4.42 Å². The normalized spacial score (nSPS) is 12.4. The van der Waals surface area contributed by atoms with Crippen molar-refractivity contribution in [1.29, 1.82) is 10.5 Å². The fourth-order valence-corrected chi connectivity index (χ4v) is 9.96. The molecule has 7 heteroatoms. The van der Waals surface area contributed by atoms with E-state index in [1.54, 1.807) is 11.8 Å². The minimum absolute atomic E-state index is 0.644. The Morgan fingerprint density at radius 2 is 0.895 bits per heavy atom. The van der Waals surface area contributed by atoms with E-state index in [9.17, 15) is 10.5 Å². The SMILES string of the molecule is N#Cc1ccc2c(c1)c1ccccc1n2-c1ccc2c(c1)Sc1cc(-n3c4ccccc4c4cc(C#N)ccc43)ccc1N2c1ccc2oc3ccccc3c2c1. The average Bonchev–Trinajstić information content (AvgIpc) is 3.92. The Kier molecular flexibility index (Phi) is 6.60. The lowest BCUT2D eigenvalue weighted by atomic mass is 10.1. The van der Waals surface area contributed by atoms with Crippen molar-refractivity contribution in [2.45, 2.75) is 9.79 Å². The first-order valence-corrected chi connectivity index (χ1v) is 19.5. The van der Waals surface area contributed by atoms with Crippen molar-refractivity contribution >= 4 is 94.4 Å². The van der Waals surface area contributed by atoms with Gasteiger partial charge in [0, 0.05) is 59.2 Å². The summed E-state index contributed by atoms with van der Waals surface area (Å²) >= 11 is 1.77. The summed E-state index contributed by atoms with van der Waals surface area (Å²) in [4.78, 5) is 4.61. The quantitative estimate of drug-likeness (QED) is 0.180. The van der Waals surface area contributed by atoms with Crippen molar-refractivity contribution in [2.75, 3.05) is 4.90 Å². The van der Waals surface area contributed by atoms with Crippen molar-refractivity contribution in [3.8, 4) is 23.5 Å². The Hall–Kier alpha value is -7.71. The van der Waals surface area contributed by atoms with Crippen LogP contribution in [0.1, 0.15) is 11.1 Å². The molecule has 0 saturated carbocycles. The van der Waals surface area contributed by atoms with Gasteiger partial charge in [-0.25, -0.2) is 0 Å². The van der Waals surface area contributed by atoms with Crippen LogP contribution in [0, 0.1) is 22.7 Å². The number of para-hydroxylation sites is 3. The number of furan rings is 1. The summed E-state index contributed by atoms with van der Waals surface area (Å²) in [6.45, 7) is 0. The van der Waals surface area contributed by atoms with Gasteiger partial charge in [0.25, 0.3) is 0 Å². The van der Waals surface area contributed by atoms with Gasteiger partial charge in [0.1, 0.15) is 11.2 Å². The second-order valence-electron chi connectivity index (χ2n) is 14.4. The maximum Gasteiger partial charge on any atom is 0.135 e. The summed E-state index contributed by atoms with van der Waals surface area (Å²) in [5.41, 5.74) is 12.6. The molecular weight excluding hydrogens is 719 g/mol. The molecular formula is C50H27N5OS. The van der Waals surface area contributed by atoms with E-state index in [0.717, 1.165) is 104 Å². The topological polar surface area (TPSA) is 73.8 Å². The summed E-state index contributed by atoms with van der Waals surface area (Å²) in [5, 5.41) is 26.0. The van der Waals surface area contributed by atoms with Gasteiger partial charge in [-0.05, 0) is 109 Å². The molecule has 11 aromatic rings. The molecule has 1 aliphatic heterocycles. The van der Waals surface area contributed by atoms with Gasteiger partial charge in [0.05, 0.1) is 56.7 Å². The highest BCUT2D eigenvalue weighted by molar-refractivity contribution is 7.99. The van der Waals surface area contributed by atoms with Gasteiger partial charge in [-0.1, -0.05) is 66.4 Å². The van der Waals surface area contributed by atoms with E-state index in [-0.39, 0.29) is 0 Å². The van der Waals surface area contributed by atoms with Crippen LogP contribution in [-0.2, 0) is 0 Å². The van der Waals surface area contributed by atoms with Crippen LogP contribution in [-0.4, -0.2) is 9.13 Å². The van der Waals surface area contributed by atoms with Crippen LogP contribution in [0.3, 0.4) is 0 Å². The highest BCUT2D eigenvalue weighted by Crippen LogP contribution is 2.53. The van der Waals surface area contributed by atoms with Crippen LogP contribution in [0.5, 0.6) is 0 Å². The van der Waals surface area contributed by atoms with Crippen LogP contribution >= 0.6 is 11.8 Å². The van der Waals surface area contributed by atoms with Crippen LogP contribution in [0.2, 0.25) is 0 Å². The molecule has 6 nitrogen and oxygen atoms in total. The monoisotopic (exact) mass is 745 g/mol. The number of hydrogen-bond acceptors (Lipinski definition) is 5. The number of hydrogen-bond donors (Lipinski definition) is 0. The molecule has 0 saturated heterocycles. The van der Waals surface area contributed by atoms with Crippen LogP contribution in [0.15, 0.2) is 178 Å². The number of anilines is 3. The number of rotatable bonds is 3. The van der Waals surface area contributed by atoms with Gasteiger partial charge in [-0.15, -0.1) is 0 Å². The molecule has 0 bridgehead atoms. The minimum Gasteiger partial charge on any atom is -0.456 e. The lowest BCUT2D eigenvalue weighted by Crippen LogP contribution is -2.15. The third-order valence-corrected chi connectivity index (χ3v) is 12.4. The zero-order chi connectivity index (χ0) is 37.8. The Morgan fingerprint density at radius 3 is 1.47 bits per heavy atom. The number of nitrogens with zero attached hydrogens (tertiary/aromatic N) is 5. The zero-order valence-electron chi connectivity index (χ0n) is 30.1. The van der Waals surface area contributed by atoms with Crippen molar-refractivity contribution < 1.29 is 4.42 Å². The van der Waals surface area contributed by atoms with Gasteiger partial charge >= 0.3 is 0 Å². The van der Waals surface area contributed by atoms with Gasteiger partial charge in [0.15, 0.2) is 0 Å². The maximum absolute atomic E-state index is 9.75. The molecule has 0 fully saturated rings. The Balaban J connectivity index is 1.09. The number of nitriles is 2. The van der Waals surface area contributed by atoms with Crippen molar-refractivity contribution in [3.05, 3.63) is 175 Å². The van der Waals surface area contributed by atoms with E-state index in [1.165, 1.54) is 0 Å². The maximum atomic E-state index is 9.75. The molecule has 12 rings (SSSR count). The zero-order valence-corrected chi connectivity index (χ0v) is 31.0. The molecule has 3 aromatic heterocycles. The van der Waals surface area contributed by atoms with Gasteiger partial charge in [0.2, 0.25) is 0 Å². The summed E-state index contributed by atoms with van der Waals surface area (Å²) in [5.74, 6) is 0. The van der Waals surface area contributed by atoms with Crippen molar-refractivity contribution in [2.24, 2.45) is 0 Å². The first-order chi connectivity index (χ1) is 28.1. The lowest BCUT2D eigenvalue weighted by Gasteiger charge is -2.33. The number of fused-ring (bicyclic) bond motifs is 11. The first kappa shape index (κ1) is 31.6. The van der Waals surface area contributed by atoms with Crippen LogP contribution in [0.4, 0.5) is 17.1 Å². The summed E-state index contributed by atoms with van der Waals surface area (Å²) in [6, 6.07) is 61.5. The van der Waals surface area contributed by atoms with Crippen molar-refractivity contribution in [1.82, 2.24) is 9.13 Å². The second-order valence-corrected chi connectivity index (χ2v) is 15.5. The predicted molar refractivity (Wildman–Crippen MR) is 231 cm³/mol. The first-order valence-electron chi connectivity index (χ1n) is 18.7. The largest absolute Gasteiger partial charge is 0.456 e. The van der Waals surface area contributed by atoms with Crippen molar-refractivity contribution in [3.63, 3.8) is 0 Å². The highest BCUT2D eigenvalue weighted by Gasteiger charge is 2.28. The van der Waals surface area contributed by atoms with Crippen LogP contribution in [0.25, 0.3) is 76.9 Å². The van der Waals surface area contributed by atoms with E-state index in [2.05, 4.69) is 154 Å². The van der Waals surface area contributed by atoms with Gasteiger partial charge in [-0.2, -0.15) is 10.5 Å². The fourth-order valence-electron chi connectivity index (χ4n) is 8.84. The lowest BCUT2D eigenvalue weighted by molar-refractivity contribution is 0.669. The molecule has 4 heterocycles. The van der Waals surface area contributed by atoms with E-state index in [1.807, 2.05) is 36.4 Å². The molecule has 1 aliphatic rings. The number of aromatic nitrogens is 2. The minimum atomic E-state index is 0.644. The summed E-state index contributed by atoms with van der Waals surface area (Å²) < 4.78 is 10.9. The Labute approximate surface area is 330 Å². The highest BCUT2D eigenvalue weighted by atomic mass is 32.2. The third-order valence-electron chi connectivity index (χ3n) is 11.3. The molecule has 0 N–H and O–H groups in total. The standard InChI is InChI=1S/C50H27N5OS/c51-28-30-13-18-43-38(23-30)35-7-1-4-10-41(35)53(43)33-15-20-45-49(26-33)57-50-27-34(54-42-11-5-2-8-36(42)39-24-31(29-52)14-19-44(39)54)16-21-46(50)55(45)32-17-22-48-40(25-32)37-9-3-6-12-47(37)56-48/h1-27H. The van der Waals surface area contributed by atoms with E-state index < -0.39 is 0 Å². The number of benzene rings is 8. The molecule has 0 aliphatic carbocycles. The predicted octanol–water partition coefficient (Wildman–Crippen LogP) is 13.5. The van der Waals surface area contributed by atoms with Gasteiger partial charge < -0.3 is 18.5 Å². The fraction of sp³-hybridized carbons (Fsp3) is 0. The molecule has 264 valence electrons. The third kappa shape index (κ3) is 4.58. The molecule has 0 unspecified atom stereocenters. The second kappa shape index (κ2) is 11.9. The van der Waals surface area contributed by atoms with Crippen LogP contribution < -0.4 is 4.90 Å². The molecule has 0 amide bonds. The average molecular weight is 746 g/mol. The Bertz CT molecular complexity index is 3430. The van der Waals surface area contributed by atoms with E-state index in [0.29, 0.717) is 11.1 Å². The molecule has 57 heavy (non-hydrogen) atoms. The van der Waals surface area contributed by atoms with E-state index >= 15 is 0 Å². The molecule has 0 spiro atoms. The molecule has 0 atom stereocenters. The Morgan fingerprint density at radius 1 is 0.404 bits per heavy atom. The van der Waals surface area contributed by atoms with Gasteiger partial charge in [-0.3, -0.25) is 0 Å². The summed E-state index contributed by atoms with van der Waals surface area (Å²) in [6.07, 6.45) is 0. The summed E-state index contributed by atoms with van der Waals surface area (Å²) in [7, 11) is 0. The molecule has 0 radical (unpaired) electrons. The smallest absolute Gasteiger partial charge is 0.135 e.